The van der Waals surface area contributed by atoms with Crippen molar-refractivity contribution in [1.82, 2.24) is 0 Å². The van der Waals surface area contributed by atoms with Gasteiger partial charge in [0.25, 0.3) is 0 Å². The first kappa shape index (κ1) is 24.9. The van der Waals surface area contributed by atoms with E-state index in [1.165, 1.54) is 38.1 Å². The van der Waals surface area contributed by atoms with Gasteiger partial charge in [-0.2, -0.15) is 0 Å². The van der Waals surface area contributed by atoms with Gasteiger partial charge in [0.15, 0.2) is 5.84 Å². The molecule has 0 amide bonds. The van der Waals surface area contributed by atoms with Gasteiger partial charge in [-0.15, -0.1) is 0 Å². The van der Waals surface area contributed by atoms with Gasteiger partial charge in [-0.05, 0) is 74.3 Å². The lowest BCUT2D eigenvalue weighted by Gasteiger charge is -2.25. The molecule has 1 aliphatic rings. The highest BCUT2D eigenvalue weighted by Gasteiger charge is 2.24. The van der Waals surface area contributed by atoms with Gasteiger partial charge in [0.05, 0.1) is 11.8 Å². The van der Waals surface area contributed by atoms with Gasteiger partial charge in [-0.3, -0.25) is 4.99 Å². The van der Waals surface area contributed by atoms with Crippen LogP contribution in [0, 0.1) is 5.92 Å². The van der Waals surface area contributed by atoms with Crippen molar-refractivity contribution in [2.75, 3.05) is 0 Å². The van der Waals surface area contributed by atoms with E-state index in [2.05, 4.69) is 144 Å². The zero-order valence-corrected chi connectivity index (χ0v) is 24.0. The molecule has 0 N–H and O–H groups in total. The molecule has 3 heteroatoms. The molecule has 0 spiro atoms. The summed E-state index contributed by atoms with van der Waals surface area (Å²) in [6, 6.07) is 43.4. The zero-order valence-electron chi connectivity index (χ0n) is 22.4. The molecule has 6 aromatic rings. The molecule has 1 heterocycles. The van der Waals surface area contributed by atoms with Gasteiger partial charge in [-0.25, -0.2) is 4.99 Å². The number of amidine groups is 1. The van der Waals surface area contributed by atoms with Crippen LogP contribution in [0.2, 0.25) is 0 Å². The number of hydrogen-bond donors (Lipinski definition) is 0. The molecule has 0 aliphatic carbocycles. The van der Waals surface area contributed by atoms with Gasteiger partial charge >= 0.3 is 0 Å². The van der Waals surface area contributed by atoms with Gasteiger partial charge in [0.1, 0.15) is 0 Å². The SMILES string of the molecule is CC1CC/C(c2ccc3c(ccc4ccccc43)c2)=N\C(c2cccc3c(Br)cccc23)=N/C1c1ccccc1. The van der Waals surface area contributed by atoms with E-state index in [0.29, 0.717) is 5.92 Å². The third-order valence-corrected chi connectivity index (χ3v) is 8.90. The number of nitrogens with zero attached hydrogens (tertiary/aromatic N) is 2. The fourth-order valence-electron chi connectivity index (χ4n) is 6.04. The minimum atomic E-state index is 0.0480. The Hall–Kier alpha value is -4.08. The molecular formula is C37H29BrN2. The molecule has 6 aromatic carbocycles. The van der Waals surface area contributed by atoms with Crippen molar-refractivity contribution in [2.45, 2.75) is 25.8 Å². The average molecular weight is 582 g/mol. The summed E-state index contributed by atoms with van der Waals surface area (Å²) in [5, 5.41) is 7.40. The first-order chi connectivity index (χ1) is 19.7. The van der Waals surface area contributed by atoms with Crippen molar-refractivity contribution >= 4 is 59.8 Å². The van der Waals surface area contributed by atoms with Crippen molar-refractivity contribution in [2.24, 2.45) is 15.9 Å². The standard InChI is InChI=1S/C37H29BrN2/c1-24-17-22-35(28-20-21-30-27(23-28)19-18-25-9-5-6-12-29(25)30)39-37(40-36(24)26-10-3-2-4-11-26)33-15-7-14-32-31(33)13-8-16-34(32)38/h2-16,18-21,23-24,36H,17,22H2,1H3/b39-35+,40-37-. The van der Waals surface area contributed by atoms with Crippen LogP contribution in [0.25, 0.3) is 32.3 Å². The van der Waals surface area contributed by atoms with Crippen LogP contribution in [0.15, 0.2) is 136 Å². The van der Waals surface area contributed by atoms with Crippen molar-refractivity contribution in [1.29, 1.82) is 0 Å². The van der Waals surface area contributed by atoms with Gasteiger partial charge < -0.3 is 0 Å². The fraction of sp³-hybridized carbons (Fsp3) is 0.135. The summed E-state index contributed by atoms with van der Waals surface area (Å²) in [6.07, 6.45) is 1.92. The molecule has 0 radical (unpaired) electrons. The van der Waals surface area contributed by atoms with Gasteiger partial charge in [-0.1, -0.05) is 132 Å². The largest absolute Gasteiger partial charge is 0.258 e. The number of halogens is 1. The summed E-state index contributed by atoms with van der Waals surface area (Å²) >= 11 is 3.75. The molecule has 2 unspecified atom stereocenters. The van der Waals surface area contributed by atoms with Crippen LogP contribution in [0.1, 0.15) is 42.5 Å². The molecule has 0 bridgehead atoms. The summed E-state index contributed by atoms with van der Waals surface area (Å²) in [6.45, 7) is 2.33. The average Bonchev–Trinajstić information content (AvgIpc) is 3.00. The Balaban J connectivity index is 1.43. The summed E-state index contributed by atoms with van der Waals surface area (Å²) < 4.78 is 1.08. The second kappa shape index (κ2) is 10.5. The number of rotatable bonds is 3. The Morgan fingerprint density at radius 3 is 2.27 bits per heavy atom. The second-order valence-corrected chi connectivity index (χ2v) is 11.6. The van der Waals surface area contributed by atoms with Crippen molar-refractivity contribution in [3.05, 3.63) is 142 Å². The monoisotopic (exact) mass is 580 g/mol. The predicted molar refractivity (Wildman–Crippen MR) is 174 cm³/mol. The van der Waals surface area contributed by atoms with E-state index < -0.39 is 0 Å². The van der Waals surface area contributed by atoms with E-state index in [-0.39, 0.29) is 6.04 Å². The van der Waals surface area contributed by atoms with E-state index in [9.17, 15) is 0 Å². The smallest absolute Gasteiger partial charge is 0.156 e. The lowest BCUT2D eigenvalue weighted by molar-refractivity contribution is 0.446. The molecule has 0 fully saturated rings. The van der Waals surface area contributed by atoms with Crippen LogP contribution >= 0.6 is 15.9 Å². The van der Waals surface area contributed by atoms with Crippen molar-refractivity contribution in [3.63, 3.8) is 0 Å². The van der Waals surface area contributed by atoms with E-state index in [4.69, 9.17) is 9.98 Å². The highest BCUT2D eigenvalue weighted by atomic mass is 79.9. The Morgan fingerprint density at radius 1 is 0.650 bits per heavy atom. The summed E-state index contributed by atoms with van der Waals surface area (Å²) in [7, 11) is 0. The van der Waals surface area contributed by atoms with Crippen LogP contribution in [0.3, 0.4) is 0 Å². The van der Waals surface area contributed by atoms with E-state index in [1.54, 1.807) is 0 Å². The molecule has 2 nitrogen and oxygen atoms in total. The van der Waals surface area contributed by atoms with E-state index >= 15 is 0 Å². The first-order valence-electron chi connectivity index (χ1n) is 14.0. The number of fused-ring (bicyclic) bond motifs is 4. The lowest BCUT2D eigenvalue weighted by atomic mass is 9.88. The van der Waals surface area contributed by atoms with Crippen LogP contribution in [0.4, 0.5) is 0 Å². The maximum atomic E-state index is 5.43. The normalized spacial score (nSPS) is 20.4. The fourth-order valence-corrected chi connectivity index (χ4v) is 6.54. The summed E-state index contributed by atoms with van der Waals surface area (Å²) in [4.78, 5) is 10.8. The van der Waals surface area contributed by atoms with E-state index in [0.717, 1.165) is 39.8 Å². The Bertz CT molecular complexity index is 1940. The van der Waals surface area contributed by atoms with Crippen molar-refractivity contribution in [3.8, 4) is 0 Å². The number of hydrogen-bond acceptors (Lipinski definition) is 2. The first-order valence-corrected chi connectivity index (χ1v) is 14.7. The van der Waals surface area contributed by atoms with Gasteiger partial charge in [0, 0.05) is 10.0 Å². The molecule has 194 valence electrons. The molecular weight excluding hydrogens is 552 g/mol. The Kier molecular flexibility index (Phi) is 6.53. The predicted octanol–water partition coefficient (Wildman–Crippen LogP) is 10.3. The molecule has 1 aliphatic heterocycles. The molecule has 0 saturated heterocycles. The van der Waals surface area contributed by atoms with Crippen LogP contribution < -0.4 is 0 Å². The molecule has 0 aromatic heterocycles. The van der Waals surface area contributed by atoms with E-state index in [1.807, 2.05) is 0 Å². The molecule has 0 saturated carbocycles. The zero-order chi connectivity index (χ0) is 27.1. The minimum Gasteiger partial charge on any atom is -0.258 e. The lowest BCUT2D eigenvalue weighted by Crippen LogP contribution is -2.18. The van der Waals surface area contributed by atoms with Crippen LogP contribution in [0.5, 0.6) is 0 Å². The number of aliphatic imine (C=N–C) groups is 2. The molecule has 2 atom stereocenters. The van der Waals surface area contributed by atoms with Gasteiger partial charge in [0.2, 0.25) is 0 Å². The third kappa shape index (κ3) is 4.55. The topological polar surface area (TPSA) is 24.7 Å². The summed E-state index contributed by atoms with van der Waals surface area (Å²) in [5.74, 6) is 1.17. The maximum Gasteiger partial charge on any atom is 0.156 e. The quantitative estimate of drug-likeness (QED) is 0.186. The summed E-state index contributed by atoms with van der Waals surface area (Å²) in [5.41, 5.74) is 4.57. The highest BCUT2D eigenvalue weighted by molar-refractivity contribution is 9.10. The molecule has 40 heavy (non-hydrogen) atoms. The van der Waals surface area contributed by atoms with Crippen LogP contribution in [-0.4, -0.2) is 11.5 Å². The maximum absolute atomic E-state index is 5.43. The van der Waals surface area contributed by atoms with Crippen molar-refractivity contribution < 1.29 is 0 Å². The Labute approximate surface area is 243 Å². The minimum absolute atomic E-state index is 0.0480. The third-order valence-electron chi connectivity index (χ3n) is 8.21. The number of benzene rings is 6. The Morgan fingerprint density at radius 2 is 1.38 bits per heavy atom. The second-order valence-electron chi connectivity index (χ2n) is 10.7. The highest BCUT2D eigenvalue weighted by Crippen LogP contribution is 2.35. The van der Waals surface area contributed by atoms with Crippen LogP contribution in [-0.2, 0) is 0 Å². The molecule has 7 rings (SSSR count).